The van der Waals surface area contributed by atoms with Gasteiger partial charge in [0.25, 0.3) is 0 Å². The van der Waals surface area contributed by atoms with E-state index in [1.54, 1.807) is 11.0 Å². The summed E-state index contributed by atoms with van der Waals surface area (Å²) in [6.45, 7) is 3.97. The molecule has 1 fully saturated rings. The lowest BCUT2D eigenvalue weighted by Crippen LogP contribution is -2.28. The van der Waals surface area contributed by atoms with Crippen molar-refractivity contribution in [3.05, 3.63) is 36.0 Å². The van der Waals surface area contributed by atoms with Crippen molar-refractivity contribution in [1.82, 2.24) is 4.98 Å². The van der Waals surface area contributed by atoms with E-state index in [9.17, 15) is 13.2 Å². The van der Waals surface area contributed by atoms with Crippen molar-refractivity contribution in [3.8, 4) is 6.07 Å². The summed E-state index contributed by atoms with van der Waals surface area (Å²) in [6, 6.07) is 4.05. The van der Waals surface area contributed by atoms with Crippen molar-refractivity contribution >= 4 is 5.82 Å². The Hall–Kier alpha value is -2.03. The van der Waals surface area contributed by atoms with Crippen LogP contribution in [-0.2, 0) is 6.18 Å². The van der Waals surface area contributed by atoms with Gasteiger partial charge < -0.3 is 4.90 Å². The first-order chi connectivity index (χ1) is 8.97. The molecule has 1 saturated carbocycles. The highest BCUT2D eigenvalue weighted by atomic mass is 19.4. The van der Waals surface area contributed by atoms with E-state index in [1.165, 1.54) is 6.07 Å². The van der Waals surface area contributed by atoms with E-state index in [4.69, 9.17) is 5.26 Å². The zero-order chi connectivity index (χ0) is 14.0. The molecule has 0 radical (unpaired) electrons. The molecule has 0 unspecified atom stereocenters. The number of aromatic nitrogens is 1. The third-order valence-corrected chi connectivity index (χ3v) is 2.87. The minimum absolute atomic E-state index is 0.0970. The first-order valence-corrected chi connectivity index (χ1v) is 5.83. The van der Waals surface area contributed by atoms with Gasteiger partial charge in [-0.15, -0.1) is 6.58 Å². The third-order valence-electron chi connectivity index (χ3n) is 2.87. The zero-order valence-electron chi connectivity index (χ0n) is 10.1. The maximum atomic E-state index is 12.7. The SMILES string of the molecule is C=CCN(c1nc(C(F)(F)F)ccc1C#N)C1CC1. The highest BCUT2D eigenvalue weighted by Crippen LogP contribution is 2.35. The van der Waals surface area contributed by atoms with Crippen LogP contribution in [0.4, 0.5) is 19.0 Å². The van der Waals surface area contributed by atoms with E-state index in [2.05, 4.69) is 11.6 Å². The predicted octanol–water partition coefficient (Wildman–Crippen LogP) is 3.13. The Morgan fingerprint density at radius 2 is 2.16 bits per heavy atom. The number of hydrogen-bond donors (Lipinski definition) is 0. The monoisotopic (exact) mass is 267 g/mol. The number of halogens is 3. The van der Waals surface area contributed by atoms with Gasteiger partial charge in [-0.2, -0.15) is 18.4 Å². The van der Waals surface area contributed by atoms with E-state index in [-0.39, 0.29) is 17.4 Å². The van der Waals surface area contributed by atoms with Crippen LogP contribution in [0.1, 0.15) is 24.1 Å². The standard InChI is InChI=1S/C13H12F3N3/c1-2-7-19(10-4-5-10)12-9(8-17)3-6-11(18-12)13(14,15)16/h2-3,6,10H,1,4-5,7H2. The van der Waals surface area contributed by atoms with Crippen molar-refractivity contribution < 1.29 is 13.2 Å². The molecule has 1 aromatic rings. The van der Waals surface area contributed by atoms with Gasteiger partial charge in [0, 0.05) is 12.6 Å². The predicted molar refractivity (Wildman–Crippen MR) is 64.5 cm³/mol. The van der Waals surface area contributed by atoms with E-state index < -0.39 is 11.9 Å². The maximum Gasteiger partial charge on any atom is 0.433 e. The van der Waals surface area contributed by atoms with Crippen LogP contribution in [0.15, 0.2) is 24.8 Å². The average Bonchev–Trinajstić information content (AvgIpc) is 3.18. The molecule has 0 saturated heterocycles. The normalized spacial score (nSPS) is 14.8. The summed E-state index contributed by atoms with van der Waals surface area (Å²) < 4.78 is 38.1. The highest BCUT2D eigenvalue weighted by Gasteiger charge is 2.36. The van der Waals surface area contributed by atoms with Crippen molar-refractivity contribution in [2.45, 2.75) is 25.1 Å². The first kappa shape index (κ1) is 13.4. The molecule has 0 aromatic carbocycles. The summed E-state index contributed by atoms with van der Waals surface area (Å²) >= 11 is 0. The summed E-state index contributed by atoms with van der Waals surface area (Å²) in [5.41, 5.74) is -0.821. The molecule has 0 atom stereocenters. The molecular formula is C13H12F3N3. The summed E-state index contributed by atoms with van der Waals surface area (Å²) in [5.74, 6) is 0.0970. The third kappa shape index (κ3) is 2.87. The van der Waals surface area contributed by atoms with Crippen LogP contribution in [0.2, 0.25) is 0 Å². The Bertz CT molecular complexity index is 527. The lowest BCUT2D eigenvalue weighted by molar-refractivity contribution is -0.141. The van der Waals surface area contributed by atoms with E-state index in [0.29, 0.717) is 6.54 Å². The van der Waals surface area contributed by atoms with Crippen LogP contribution in [-0.4, -0.2) is 17.6 Å². The Morgan fingerprint density at radius 3 is 2.63 bits per heavy atom. The molecule has 6 heteroatoms. The molecule has 3 nitrogen and oxygen atoms in total. The lowest BCUT2D eigenvalue weighted by Gasteiger charge is -2.23. The van der Waals surface area contributed by atoms with Gasteiger partial charge in [0.15, 0.2) is 0 Å². The van der Waals surface area contributed by atoms with E-state index in [1.807, 2.05) is 6.07 Å². The largest absolute Gasteiger partial charge is 0.433 e. The Labute approximate surface area is 109 Å². The summed E-state index contributed by atoms with van der Waals surface area (Å²) in [6.07, 6.45) is -1.11. The fraction of sp³-hybridized carbons (Fsp3) is 0.385. The maximum absolute atomic E-state index is 12.7. The fourth-order valence-corrected chi connectivity index (χ4v) is 1.85. The van der Waals surface area contributed by atoms with Crippen molar-refractivity contribution in [1.29, 1.82) is 5.26 Å². The minimum Gasteiger partial charge on any atom is -0.349 e. The molecule has 1 heterocycles. The van der Waals surface area contributed by atoms with E-state index >= 15 is 0 Å². The van der Waals surface area contributed by atoms with Gasteiger partial charge in [0.1, 0.15) is 17.6 Å². The van der Waals surface area contributed by atoms with E-state index in [0.717, 1.165) is 18.9 Å². The van der Waals surface area contributed by atoms with Gasteiger partial charge in [0.05, 0.1) is 5.56 Å². The Balaban J connectivity index is 2.46. The number of rotatable bonds is 4. The van der Waals surface area contributed by atoms with Crippen LogP contribution in [0.3, 0.4) is 0 Å². The average molecular weight is 267 g/mol. The molecule has 1 aliphatic rings. The molecule has 100 valence electrons. The van der Waals surface area contributed by atoms with Crippen LogP contribution in [0.25, 0.3) is 0 Å². The lowest BCUT2D eigenvalue weighted by atomic mass is 10.2. The van der Waals surface area contributed by atoms with Gasteiger partial charge in [-0.05, 0) is 25.0 Å². The number of pyridine rings is 1. The number of anilines is 1. The molecule has 0 spiro atoms. The summed E-state index contributed by atoms with van der Waals surface area (Å²) in [4.78, 5) is 5.33. The number of alkyl halides is 3. The summed E-state index contributed by atoms with van der Waals surface area (Å²) in [7, 11) is 0. The molecule has 19 heavy (non-hydrogen) atoms. The van der Waals surface area contributed by atoms with Crippen molar-refractivity contribution in [2.24, 2.45) is 0 Å². The molecule has 0 aliphatic heterocycles. The van der Waals surface area contributed by atoms with Gasteiger partial charge >= 0.3 is 6.18 Å². The second kappa shape index (κ2) is 4.92. The molecule has 1 aromatic heterocycles. The Kier molecular flexibility index (Phi) is 3.47. The molecule has 0 bridgehead atoms. The van der Waals surface area contributed by atoms with Gasteiger partial charge in [-0.25, -0.2) is 4.98 Å². The summed E-state index contributed by atoms with van der Waals surface area (Å²) in [5, 5.41) is 9.01. The quantitative estimate of drug-likeness (QED) is 0.787. The number of nitrogens with zero attached hydrogens (tertiary/aromatic N) is 3. The van der Waals surface area contributed by atoms with Gasteiger partial charge in [-0.3, -0.25) is 0 Å². The molecule has 2 rings (SSSR count). The zero-order valence-corrected chi connectivity index (χ0v) is 10.1. The molecular weight excluding hydrogens is 255 g/mol. The van der Waals surface area contributed by atoms with Gasteiger partial charge in [-0.1, -0.05) is 6.08 Å². The van der Waals surface area contributed by atoms with Crippen molar-refractivity contribution in [2.75, 3.05) is 11.4 Å². The molecule has 0 amide bonds. The Morgan fingerprint density at radius 1 is 1.47 bits per heavy atom. The topological polar surface area (TPSA) is 39.9 Å². The molecule has 1 aliphatic carbocycles. The van der Waals surface area contributed by atoms with Crippen LogP contribution < -0.4 is 4.90 Å². The fourth-order valence-electron chi connectivity index (χ4n) is 1.85. The second-order valence-electron chi connectivity index (χ2n) is 4.35. The van der Waals surface area contributed by atoms with Gasteiger partial charge in [0.2, 0.25) is 0 Å². The van der Waals surface area contributed by atoms with Crippen LogP contribution in [0, 0.1) is 11.3 Å². The molecule has 0 N–H and O–H groups in total. The van der Waals surface area contributed by atoms with Crippen LogP contribution >= 0.6 is 0 Å². The smallest absolute Gasteiger partial charge is 0.349 e. The number of hydrogen-bond acceptors (Lipinski definition) is 3. The number of nitriles is 1. The highest BCUT2D eigenvalue weighted by molar-refractivity contribution is 5.56. The van der Waals surface area contributed by atoms with Crippen LogP contribution in [0.5, 0.6) is 0 Å². The second-order valence-corrected chi connectivity index (χ2v) is 4.35. The minimum atomic E-state index is -4.51. The van der Waals surface area contributed by atoms with Crippen molar-refractivity contribution in [3.63, 3.8) is 0 Å². The first-order valence-electron chi connectivity index (χ1n) is 5.83.